The Morgan fingerprint density at radius 1 is 1.02 bits per heavy atom. The number of rotatable bonds is 10. The Morgan fingerprint density at radius 2 is 1.70 bits per heavy atom. The van der Waals surface area contributed by atoms with Crippen molar-refractivity contribution in [2.24, 2.45) is 10.2 Å². The Kier molecular flexibility index (Phi) is 10.8. The molecule has 1 amide bonds. The average molecular weight is 657 g/mol. The van der Waals surface area contributed by atoms with Gasteiger partial charge in [0.05, 0.1) is 34.2 Å². The number of aryl methyl sites for hydroxylation is 2. The maximum atomic E-state index is 13.1. The van der Waals surface area contributed by atoms with Gasteiger partial charge in [0.1, 0.15) is 21.3 Å². The van der Waals surface area contributed by atoms with Gasteiger partial charge in [-0.15, -0.1) is 11.3 Å². The van der Waals surface area contributed by atoms with Gasteiger partial charge in [0, 0.05) is 6.07 Å². The van der Waals surface area contributed by atoms with Crippen molar-refractivity contribution in [3.8, 4) is 11.5 Å². The number of benzene rings is 3. The number of ketones is 1. The third kappa shape index (κ3) is 7.83. The minimum absolute atomic E-state index is 0. The molecule has 43 heavy (non-hydrogen) atoms. The van der Waals surface area contributed by atoms with Crippen molar-refractivity contribution in [2.45, 2.75) is 36.6 Å². The standard InChI is InChI=1S/C26H24N4O9S3.Na.H/c1-14-5-10-19-24(40-13-27-19)25(14)42(36,37)39-18-8-6-17(7-9-18)29-30-23(16(3)31)26(32)28-20-11-15(2)22(41(33,34)35)12-21(20)38-4;;/h5-13,23H,1-4H3,(H,28,32)(H,33,34,35);;. The normalized spacial score (nSPS) is 12.5. The van der Waals surface area contributed by atoms with Crippen molar-refractivity contribution in [3.05, 3.63) is 65.2 Å². The Hall–Kier alpha value is -3.25. The van der Waals surface area contributed by atoms with E-state index in [1.807, 2.05) is 0 Å². The predicted octanol–water partition coefficient (Wildman–Crippen LogP) is 3.97. The summed E-state index contributed by atoms with van der Waals surface area (Å²) in [5, 5.41) is 10.2. The van der Waals surface area contributed by atoms with Crippen LogP contribution in [0, 0.1) is 13.8 Å². The van der Waals surface area contributed by atoms with E-state index < -0.39 is 42.9 Å². The van der Waals surface area contributed by atoms with Gasteiger partial charge < -0.3 is 14.2 Å². The molecule has 0 saturated carbocycles. The number of carbonyl (C=O) groups is 2. The molecule has 0 radical (unpaired) electrons. The Labute approximate surface area is 273 Å². The molecule has 222 valence electrons. The third-order valence-corrected chi connectivity index (χ3v) is 9.32. The van der Waals surface area contributed by atoms with E-state index in [1.165, 1.54) is 55.7 Å². The Morgan fingerprint density at radius 3 is 2.30 bits per heavy atom. The van der Waals surface area contributed by atoms with Crippen LogP contribution in [0.1, 0.15) is 18.1 Å². The fourth-order valence-corrected chi connectivity index (χ4v) is 7.10. The number of Topliss-reactive ketones (excluding diaryl/α,β-unsaturated/α-hetero) is 1. The molecule has 1 unspecified atom stereocenters. The molecule has 1 heterocycles. The fraction of sp³-hybridized carbons (Fsp3) is 0.192. The maximum absolute atomic E-state index is 13.1. The number of nitrogens with zero attached hydrogens (tertiary/aromatic N) is 3. The van der Waals surface area contributed by atoms with E-state index >= 15 is 0 Å². The van der Waals surface area contributed by atoms with Crippen LogP contribution in [0.3, 0.4) is 0 Å². The summed E-state index contributed by atoms with van der Waals surface area (Å²) < 4.78 is 69.6. The molecule has 3 aromatic carbocycles. The first-order valence-corrected chi connectivity index (χ1v) is 15.7. The summed E-state index contributed by atoms with van der Waals surface area (Å²) in [6.45, 7) is 4.20. The van der Waals surface area contributed by atoms with E-state index in [-0.39, 0.29) is 62.9 Å². The number of carbonyl (C=O) groups excluding carboxylic acids is 2. The van der Waals surface area contributed by atoms with Gasteiger partial charge in [0.15, 0.2) is 5.78 Å². The molecule has 17 heteroatoms. The van der Waals surface area contributed by atoms with Crippen LogP contribution in [0.15, 0.2) is 74.1 Å². The molecule has 2 N–H and O–H groups in total. The van der Waals surface area contributed by atoms with Gasteiger partial charge in [-0.1, -0.05) is 6.07 Å². The predicted molar refractivity (Wildman–Crippen MR) is 161 cm³/mol. The summed E-state index contributed by atoms with van der Waals surface area (Å²) in [6.07, 6.45) is 0. The van der Waals surface area contributed by atoms with Crippen LogP contribution in [0.2, 0.25) is 0 Å². The van der Waals surface area contributed by atoms with Gasteiger partial charge in [-0.05, 0) is 68.3 Å². The molecule has 1 atom stereocenters. The number of amides is 1. The number of fused-ring (bicyclic) bond motifs is 1. The van der Waals surface area contributed by atoms with Gasteiger partial charge in [0.25, 0.3) is 16.0 Å². The first kappa shape index (κ1) is 34.2. The number of thiazole rings is 1. The molecule has 4 rings (SSSR count). The van der Waals surface area contributed by atoms with Gasteiger partial charge in [-0.25, -0.2) is 4.98 Å². The number of azo groups is 1. The van der Waals surface area contributed by atoms with Gasteiger partial charge in [-0.2, -0.15) is 27.1 Å². The van der Waals surface area contributed by atoms with Crippen LogP contribution >= 0.6 is 11.3 Å². The monoisotopic (exact) mass is 656 g/mol. The van der Waals surface area contributed by atoms with E-state index in [9.17, 15) is 31.0 Å². The average Bonchev–Trinajstić information content (AvgIpc) is 3.37. The Balaban J connectivity index is 0.00000506. The van der Waals surface area contributed by atoms with Crippen LogP contribution in [0.5, 0.6) is 11.5 Å². The second-order valence-electron chi connectivity index (χ2n) is 8.95. The summed E-state index contributed by atoms with van der Waals surface area (Å²) >= 11 is 1.19. The topological polar surface area (TPSA) is 191 Å². The molecule has 0 fully saturated rings. The number of hydrogen-bond acceptors (Lipinski definition) is 12. The molecule has 0 bridgehead atoms. The summed E-state index contributed by atoms with van der Waals surface area (Å²) in [5.41, 5.74) is 2.96. The quantitative estimate of drug-likeness (QED) is 0.0830. The zero-order valence-electron chi connectivity index (χ0n) is 22.6. The summed E-state index contributed by atoms with van der Waals surface area (Å²) in [5.74, 6) is -1.58. The molecule has 0 aliphatic carbocycles. The molecule has 4 aromatic rings. The number of methoxy groups -OCH3 is 1. The molecule has 0 saturated heterocycles. The van der Waals surface area contributed by atoms with Crippen molar-refractivity contribution in [1.29, 1.82) is 0 Å². The van der Waals surface area contributed by atoms with Crippen molar-refractivity contribution in [3.63, 3.8) is 0 Å². The molecule has 0 aliphatic heterocycles. The zero-order chi connectivity index (χ0) is 30.8. The zero-order valence-corrected chi connectivity index (χ0v) is 25.0. The van der Waals surface area contributed by atoms with Crippen molar-refractivity contribution in [2.75, 3.05) is 12.4 Å². The van der Waals surface area contributed by atoms with Crippen LogP contribution in [-0.2, 0) is 29.8 Å². The van der Waals surface area contributed by atoms with Crippen molar-refractivity contribution in [1.82, 2.24) is 4.98 Å². The van der Waals surface area contributed by atoms with Crippen LogP contribution in [-0.4, -0.2) is 80.8 Å². The summed E-state index contributed by atoms with van der Waals surface area (Å²) in [7, 11) is -7.50. The minimum atomic E-state index is -4.54. The van der Waals surface area contributed by atoms with E-state index in [0.717, 1.165) is 13.0 Å². The second kappa shape index (κ2) is 13.6. The van der Waals surface area contributed by atoms with Crippen LogP contribution in [0.4, 0.5) is 11.4 Å². The number of anilines is 1. The third-order valence-electron chi connectivity index (χ3n) is 5.90. The second-order valence-corrected chi connectivity index (χ2v) is 12.7. The molecule has 0 spiro atoms. The molecular formula is C26H25N4NaO9S3. The fourth-order valence-electron chi connectivity index (χ4n) is 3.91. The Bertz CT molecular complexity index is 1940. The molecule has 13 nitrogen and oxygen atoms in total. The first-order valence-electron chi connectivity index (χ1n) is 12.0. The summed E-state index contributed by atoms with van der Waals surface area (Å²) in [6, 6.07) is 9.58. The SMILES string of the molecule is COc1cc(S(=O)(=O)O)c(C)cc1NC(=O)C(N=Nc1ccc(OS(=O)(=O)c2c(C)ccc3ncsc23)cc1)C(C)=O.[NaH]. The molecular weight excluding hydrogens is 631 g/mol. The number of hydrogen-bond donors (Lipinski definition) is 2. The van der Waals surface area contributed by atoms with E-state index in [2.05, 4.69) is 20.5 Å². The summed E-state index contributed by atoms with van der Waals surface area (Å²) in [4.78, 5) is 28.9. The van der Waals surface area contributed by atoms with Crippen molar-refractivity contribution < 1.29 is 39.9 Å². The number of nitrogens with one attached hydrogen (secondary N) is 1. The molecule has 1 aromatic heterocycles. The number of aromatic nitrogens is 1. The first-order chi connectivity index (χ1) is 19.7. The van der Waals surface area contributed by atoms with E-state index in [0.29, 0.717) is 15.8 Å². The number of ether oxygens (including phenoxy) is 1. The van der Waals surface area contributed by atoms with Crippen LogP contribution < -0.4 is 14.2 Å². The van der Waals surface area contributed by atoms with Crippen molar-refractivity contribution >= 4 is 94.4 Å². The molecule has 0 aliphatic rings. The van der Waals surface area contributed by atoms with Crippen LogP contribution in [0.25, 0.3) is 10.2 Å². The van der Waals surface area contributed by atoms with Gasteiger partial charge in [0.2, 0.25) is 6.04 Å². The van der Waals surface area contributed by atoms with Gasteiger partial charge in [-0.3, -0.25) is 14.1 Å². The van der Waals surface area contributed by atoms with E-state index in [4.69, 9.17) is 8.92 Å². The van der Waals surface area contributed by atoms with E-state index in [1.54, 1.807) is 24.6 Å². The van der Waals surface area contributed by atoms with Gasteiger partial charge >= 0.3 is 39.7 Å².